The molecule has 2 heterocycles. The van der Waals surface area contributed by atoms with Crippen LogP contribution in [0.15, 0.2) is 81.3 Å². The maximum absolute atomic E-state index is 13.9. The maximum Gasteiger partial charge on any atom is 0.281 e. The monoisotopic (exact) mass is 730 g/mol. The van der Waals surface area contributed by atoms with E-state index in [2.05, 4.69) is 59.0 Å². The fraction of sp³-hybridized carbons (Fsp3) is 0.296. The smallest absolute Gasteiger partial charge is 0.281 e. The van der Waals surface area contributed by atoms with E-state index in [1.807, 2.05) is 41.8 Å². The molecule has 4 rings (SSSR count). The van der Waals surface area contributed by atoms with Crippen molar-refractivity contribution < 1.29 is 9.59 Å². The van der Waals surface area contributed by atoms with Gasteiger partial charge in [0.2, 0.25) is 0 Å². The van der Waals surface area contributed by atoms with Gasteiger partial charge in [0.1, 0.15) is 5.71 Å². The van der Waals surface area contributed by atoms with Gasteiger partial charge in [-0.05, 0) is 54.1 Å². The average molecular weight is 731 g/mol. The molecule has 1 aromatic carbocycles. The van der Waals surface area contributed by atoms with Gasteiger partial charge in [0.05, 0.1) is 21.2 Å². The number of hydrogen-bond donors (Lipinski definition) is 0. The molecule has 0 spiro atoms. The summed E-state index contributed by atoms with van der Waals surface area (Å²) < 4.78 is 0.154. The minimum Gasteiger partial charge on any atom is -0.289 e. The molecule has 1 aliphatic heterocycles. The predicted molar refractivity (Wildman–Crippen MR) is 163 cm³/mol. The second-order valence-electron chi connectivity index (χ2n) is 8.37. The van der Waals surface area contributed by atoms with Crippen LogP contribution in [0.1, 0.15) is 44.4 Å². The summed E-state index contributed by atoms with van der Waals surface area (Å²) in [4.78, 5) is 28.3. The lowest BCUT2D eigenvalue weighted by Crippen LogP contribution is -2.26. The summed E-state index contributed by atoms with van der Waals surface area (Å²) >= 11 is 12.7. The largest absolute Gasteiger partial charge is 0.289 e. The highest BCUT2D eigenvalue weighted by Crippen LogP contribution is 2.38. The number of allylic oxidation sites excluding steroid dienone is 5. The number of thiophene rings is 1. The van der Waals surface area contributed by atoms with Crippen LogP contribution < -0.4 is 5.01 Å². The Morgan fingerprint density at radius 1 is 0.971 bits per heavy atom. The van der Waals surface area contributed by atoms with Gasteiger partial charge in [-0.25, -0.2) is 0 Å². The minimum atomic E-state index is -0.238. The Morgan fingerprint density at radius 2 is 1.60 bits per heavy atom. The molecule has 0 fully saturated rings. The SMILES string of the molecule is CCCC(I)C1=CC(=C2C(=O)N(c3ccccc3Cl)N=C2c2cccs2)C=C(C(I)CCC)C1=O. The van der Waals surface area contributed by atoms with Gasteiger partial charge in [-0.2, -0.15) is 10.1 Å². The number of carbonyl (C=O) groups is 2. The summed E-state index contributed by atoms with van der Waals surface area (Å²) in [5.74, 6) is -0.142. The van der Waals surface area contributed by atoms with E-state index in [-0.39, 0.29) is 19.5 Å². The summed E-state index contributed by atoms with van der Waals surface area (Å²) in [6.07, 6.45) is 7.60. The summed E-state index contributed by atoms with van der Waals surface area (Å²) in [7, 11) is 0. The normalized spacial score (nSPS) is 18.0. The summed E-state index contributed by atoms with van der Waals surface area (Å²) in [5, 5.41) is 8.57. The molecule has 2 aliphatic rings. The molecule has 4 nitrogen and oxygen atoms in total. The van der Waals surface area contributed by atoms with Crippen molar-refractivity contribution in [3.63, 3.8) is 0 Å². The van der Waals surface area contributed by atoms with Crippen molar-refractivity contribution in [2.75, 3.05) is 5.01 Å². The molecule has 0 bridgehead atoms. The first-order chi connectivity index (χ1) is 16.9. The Bertz CT molecular complexity index is 1230. The van der Waals surface area contributed by atoms with Crippen molar-refractivity contribution in [3.05, 3.63) is 86.1 Å². The highest BCUT2D eigenvalue weighted by Gasteiger charge is 2.37. The summed E-state index contributed by atoms with van der Waals surface area (Å²) in [5.41, 5.74) is 3.94. The third-order valence-corrected chi connectivity index (χ3v) is 9.66. The van der Waals surface area contributed by atoms with Gasteiger partial charge in [-0.1, -0.05) is 102 Å². The van der Waals surface area contributed by atoms with Gasteiger partial charge in [0, 0.05) is 19.0 Å². The molecule has 35 heavy (non-hydrogen) atoms. The fourth-order valence-corrected chi connectivity index (χ4v) is 7.24. The van der Waals surface area contributed by atoms with Crippen LogP contribution >= 0.6 is 68.1 Å². The predicted octanol–water partition coefficient (Wildman–Crippen LogP) is 8.09. The quantitative estimate of drug-likeness (QED) is 0.157. The Kier molecular flexibility index (Phi) is 9.04. The Morgan fingerprint density at radius 3 is 2.14 bits per heavy atom. The van der Waals surface area contributed by atoms with Crippen LogP contribution in [-0.2, 0) is 9.59 Å². The highest BCUT2D eigenvalue weighted by atomic mass is 127. The van der Waals surface area contributed by atoms with Crippen molar-refractivity contribution in [2.24, 2.45) is 5.10 Å². The van der Waals surface area contributed by atoms with Gasteiger partial charge in [0.25, 0.3) is 5.91 Å². The second-order valence-corrected chi connectivity index (χ2v) is 12.7. The van der Waals surface area contributed by atoms with Crippen molar-refractivity contribution >= 4 is 91.2 Å². The van der Waals surface area contributed by atoms with E-state index in [4.69, 9.17) is 16.7 Å². The molecular formula is C27H25ClI2N2O2S. The Balaban J connectivity index is 1.93. The zero-order chi connectivity index (χ0) is 25.1. The number of hydrazone groups is 1. The van der Waals surface area contributed by atoms with Crippen LogP contribution in [0.25, 0.3) is 0 Å². The lowest BCUT2D eigenvalue weighted by atomic mass is 9.85. The number of benzene rings is 1. The maximum atomic E-state index is 13.9. The van der Waals surface area contributed by atoms with Crippen LogP contribution in [0.4, 0.5) is 5.69 Å². The number of anilines is 1. The minimum absolute atomic E-state index is 0.0768. The van der Waals surface area contributed by atoms with Gasteiger partial charge in [-0.3, -0.25) is 9.59 Å². The van der Waals surface area contributed by atoms with Crippen molar-refractivity contribution in [2.45, 2.75) is 47.4 Å². The standard InChI is InChI=1S/C27H25ClI2N2O2S/c1-3-8-20(29)17-14-16(15-18(26(17)33)21(30)9-4-2)24-25(23-12-7-13-35-23)31-32(27(24)34)22-11-6-5-10-19(22)28/h5-7,10-15,20-21H,3-4,8-9H2,1-2H3. The number of amides is 1. The number of ketones is 1. The van der Waals surface area contributed by atoms with E-state index in [1.54, 1.807) is 12.1 Å². The molecule has 0 saturated heterocycles. The van der Waals surface area contributed by atoms with Crippen LogP contribution in [0.5, 0.6) is 0 Å². The van der Waals surface area contributed by atoms with Gasteiger partial charge in [-0.15, -0.1) is 11.3 Å². The first-order valence-electron chi connectivity index (χ1n) is 11.6. The summed E-state index contributed by atoms with van der Waals surface area (Å²) in [6, 6.07) is 11.1. The highest BCUT2D eigenvalue weighted by molar-refractivity contribution is 14.1. The number of carbonyl (C=O) groups excluding carboxylic acids is 2. The molecule has 1 aliphatic carbocycles. The first kappa shape index (κ1) is 26.8. The van der Waals surface area contributed by atoms with Crippen LogP contribution in [0.3, 0.4) is 0 Å². The Hall–Kier alpha value is -1.30. The van der Waals surface area contributed by atoms with Gasteiger partial charge >= 0.3 is 0 Å². The molecule has 0 radical (unpaired) electrons. The lowest BCUT2D eigenvalue weighted by molar-refractivity contribution is -0.114. The third-order valence-electron chi connectivity index (χ3n) is 5.87. The molecule has 1 amide bonds. The van der Waals surface area contributed by atoms with E-state index in [0.29, 0.717) is 22.0 Å². The van der Waals surface area contributed by atoms with Gasteiger partial charge < -0.3 is 0 Å². The number of Topliss-reactive ketones (excluding diaryl/α,β-unsaturated/α-hetero) is 1. The van der Waals surface area contributed by atoms with Crippen molar-refractivity contribution in [3.8, 4) is 0 Å². The number of hydrogen-bond acceptors (Lipinski definition) is 4. The Labute approximate surface area is 242 Å². The van der Waals surface area contributed by atoms with Crippen molar-refractivity contribution in [1.82, 2.24) is 0 Å². The molecule has 2 unspecified atom stereocenters. The molecule has 0 saturated carbocycles. The third kappa shape index (κ3) is 5.52. The average Bonchev–Trinajstić information content (AvgIpc) is 3.48. The van der Waals surface area contributed by atoms with E-state index in [1.165, 1.54) is 16.3 Å². The number of nitrogens with zero attached hydrogens (tertiary/aromatic N) is 2. The lowest BCUT2D eigenvalue weighted by Gasteiger charge is -2.23. The van der Waals surface area contributed by atoms with E-state index < -0.39 is 0 Å². The second kappa shape index (κ2) is 11.8. The number of alkyl halides is 2. The van der Waals surface area contributed by atoms with E-state index >= 15 is 0 Å². The number of para-hydroxylation sites is 1. The first-order valence-corrected chi connectivity index (χ1v) is 15.3. The van der Waals surface area contributed by atoms with Crippen molar-refractivity contribution in [1.29, 1.82) is 0 Å². The van der Waals surface area contributed by atoms with Gasteiger partial charge in [0.15, 0.2) is 5.78 Å². The topological polar surface area (TPSA) is 49.7 Å². The molecule has 2 atom stereocenters. The van der Waals surface area contributed by atoms with E-state index in [0.717, 1.165) is 47.3 Å². The number of halogens is 3. The zero-order valence-corrected chi connectivity index (χ0v) is 25.3. The molecule has 182 valence electrons. The molecule has 0 N–H and O–H groups in total. The molecule has 1 aromatic heterocycles. The molecular weight excluding hydrogens is 706 g/mol. The summed E-state index contributed by atoms with van der Waals surface area (Å²) in [6.45, 7) is 4.24. The van der Waals surface area contributed by atoms with Crippen LogP contribution in [0, 0.1) is 0 Å². The fourth-order valence-electron chi connectivity index (χ4n) is 4.14. The van der Waals surface area contributed by atoms with Crippen LogP contribution in [-0.4, -0.2) is 25.3 Å². The number of rotatable bonds is 8. The molecule has 2 aromatic rings. The molecule has 8 heteroatoms. The van der Waals surface area contributed by atoms with E-state index in [9.17, 15) is 9.59 Å². The van der Waals surface area contributed by atoms with Crippen LogP contribution in [0.2, 0.25) is 5.02 Å². The zero-order valence-electron chi connectivity index (χ0n) is 19.4.